The average molecular weight is 231 g/mol. The molecule has 0 bridgehead atoms. The number of ether oxygens (including phenoxy) is 1. The van der Waals surface area contributed by atoms with E-state index in [0.717, 1.165) is 6.42 Å². The lowest BCUT2D eigenvalue weighted by Crippen LogP contribution is -2.41. The van der Waals surface area contributed by atoms with Gasteiger partial charge < -0.3 is 15.2 Å². The average Bonchev–Trinajstić information content (AvgIpc) is 2.16. The maximum atomic E-state index is 11.5. The van der Waals surface area contributed by atoms with Crippen LogP contribution >= 0.6 is 0 Å². The van der Waals surface area contributed by atoms with Crippen molar-refractivity contribution < 1.29 is 19.4 Å². The minimum atomic E-state index is -0.977. The zero-order valence-electron chi connectivity index (χ0n) is 10.2. The Labute approximate surface area is 96.2 Å². The monoisotopic (exact) mass is 231 g/mol. The molecule has 0 saturated carbocycles. The molecule has 0 rings (SSSR count). The second kappa shape index (κ2) is 8.10. The summed E-state index contributed by atoms with van der Waals surface area (Å²) in [6.45, 7) is 4.27. The quantitative estimate of drug-likeness (QED) is 0.654. The number of carbonyl (C=O) groups excluding carboxylic acids is 1. The summed E-state index contributed by atoms with van der Waals surface area (Å²) in [7, 11) is 1.57. The molecule has 0 aromatic rings. The van der Waals surface area contributed by atoms with Crippen molar-refractivity contribution in [3.05, 3.63) is 0 Å². The molecule has 0 fully saturated rings. The molecule has 2 unspecified atom stereocenters. The van der Waals surface area contributed by atoms with Gasteiger partial charge in [0, 0.05) is 20.1 Å². The molecule has 16 heavy (non-hydrogen) atoms. The standard InChI is InChI=1S/C11H21NO4/c1-4-5-9(11(14)15)12-10(13)6-8(2)7-16-3/h8-9H,4-7H2,1-3H3,(H,12,13)(H,14,15). The van der Waals surface area contributed by atoms with Crippen molar-refractivity contribution in [2.45, 2.75) is 39.2 Å². The largest absolute Gasteiger partial charge is 0.480 e. The number of carboxylic acid groups (broad SMARTS) is 1. The van der Waals surface area contributed by atoms with Crippen LogP contribution in [-0.4, -0.2) is 36.7 Å². The van der Waals surface area contributed by atoms with Gasteiger partial charge in [-0.25, -0.2) is 4.79 Å². The Morgan fingerprint density at radius 3 is 2.50 bits per heavy atom. The van der Waals surface area contributed by atoms with Crippen molar-refractivity contribution in [2.75, 3.05) is 13.7 Å². The lowest BCUT2D eigenvalue weighted by molar-refractivity contribution is -0.142. The normalized spacial score (nSPS) is 14.2. The van der Waals surface area contributed by atoms with Gasteiger partial charge in [0.1, 0.15) is 6.04 Å². The van der Waals surface area contributed by atoms with E-state index in [1.807, 2.05) is 13.8 Å². The highest BCUT2D eigenvalue weighted by Gasteiger charge is 2.19. The molecular formula is C11H21NO4. The summed E-state index contributed by atoms with van der Waals surface area (Å²) in [6, 6.07) is -0.771. The van der Waals surface area contributed by atoms with Gasteiger partial charge in [-0.1, -0.05) is 20.3 Å². The smallest absolute Gasteiger partial charge is 0.326 e. The van der Waals surface area contributed by atoms with Crippen LogP contribution in [0, 0.1) is 5.92 Å². The molecule has 0 aliphatic carbocycles. The Bertz CT molecular complexity index is 230. The van der Waals surface area contributed by atoms with E-state index in [1.165, 1.54) is 0 Å². The molecule has 5 heteroatoms. The molecule has 0 saturated heterocycles. The summed E-state index contributed by atoms with van der Waals surface area (Å²) in [5, 5.41) is 11.4. The number of nitrogens with one attached hydrogen (secondary N) is 1. The minimum absolute atomic E-state index is 0.0982. The predicted octanol–water partition coefficient (Wildman–Crippen LogP) is 1.03. The van der Waals surface area contributed by atoms with Gasteiger partial charge in [0.2, 0.25) is 5.91 Å². The maximum Gasteiger partial charge on any atom is 0.326 e. The Morgan fingerprint density at radius 2 is 2.06 bits per heavy atom. The first-order chi connectivity index (χ1) is 7.51. The van der Waals surface area contributed by atoms with Crippen molar-refractivity contribution in [3.8, 4) is 0 Å². The molecule has 94 valence electrons. The first kappa shape index (κ1) is 14.9. The first-order valence-electron chi connectivity index (χ1n) is 5.52. The van der Waals surface area contributed by atoms with E-state index in [2.05, 4.69) is 5.32 Å². The van der Waals surface area contributed by atoms with E-state index >= 15 is 0 Å². The molecule has 5 nitrogen and oxygen atoms in total. The van der Waals surface area contributed by atoms with Gasteiger partial charge in [0.25, 0.3) is 0 Å². The van der Waals surface area contributed by atoms with Crippen LogP contribution in [0.3, 0.4) is 0 Å². The zero-order chi connectivity index (χ0) is 12.6. The Morgan fingerprint density at radius 1 is 1.44 bits per heavy atom. The van der Waals surface area contributed by atoms with Crippen LogP contribution < -0.4 is 5.32 Å². The number of aliphatic carboxylic acids is 1. The lowest BCUT2D eigenvalue weighted by Gasteiger charge is -2.15. The molecule has 2 atom stereocenters. The van der Waals surface area contributed by atoms with Crippen molar-refractivity contribution in [2.24, 2.45) is 5.92 Å². The number of carbonyl (C=O) groups is 2. The van der Waals surface area contributed by atoms with Gasteiger partial charge in [-0.3, -0.25) is 4.79 Å². The van der Waals surface area contributed by atoms with Crippen LogP contribution in [-0.2, 0) is 14.3 Å². The van der Waals surface area contributed by atoms with Crippen LogP contribution in [0.25, 0.3) is 0 Å². The highest BCUT2D eigenvalue weighted by atomic mass is 16.5. The third kappa shape index (κ3) is 6.40. The molecule has 1 amide bonds. The predicted molar refractivity (Wildman–Crippen MR) is 60.1 cm³/mol. The third-order valence-corrected chi connectivity index (χ3v) is 2.20. The van der Waals surface area contributed by atoms with Crippen LogP contribution in [0.2, 0.25) is 0 Å². The topological polar surface area (TPSA) is 75.6 Å². The molecule has 0 aromatic heterocycles. The molecular weight excluding hydrogens is 210 g/mol. The minimum Gasteiger partial charge on any atom is -0.480 e. The number of methoxy groups -OCH3 is 1. The van der Waals surface area contributed by atoms with E-state index in [1.54, 1.807) is 7.11 Å². The highest BCUT2D eigenvalue weighted by Crippen LogP contribution is 2.03. The van der Waals surface area contributed by atoms with Crippen molar-refractivity contribution in [3.63, 3.8) is 0 Å². The Kier molecular flexibility index (Phi) is 7.54. The van der Waals surface area contributed by atoms with Crippen LogP contribution in [0.4, 0.5) is 0 Å². The van der Waals surface area contributed by atoms with E-state index in [-0.39, 0.29) is 11.8 Å². The summed E-state index contributed by atoms with van der Waals surface area (Å²) in [6.07, 6.45) is 1.48. The molecule has 0 spiro atoms. The molecule has 0 aromatic carbocycles. The SMILES string of the molecule is CCCC(NC(=O)CC(C)COC)C(=O)O. The van der Waals surface area contributed by atoms with E-state index in [0.29, 0.717) is 19.4 Å². The van der Waals surface area contributed by atoms with Crippen molar-refractivity contribution in [1.82, 2.24) is 5.32 Å². The van der Waals surface area contributed by atoms with E-state index < -0.39 is 12.0 Å². The second-order valence-electron chi connectivity index (χ2n) is 4.01. The Hall–Kier alpha value is -1.10. The fourth-order valence-corrected chi connectivity index (χ4v) is 1.46. The van der Waals surface area contributed by atoms with E-state index in [4.69, 9.17) is 9.84 Å². The Balaban J connectivity index is 4.04. The number of hydrogen-bond acceptors (Lipinski definition) is 3. The third-order valence-electron chi connectivity index (χ3n) is 2.20. The van der Waals surface area contributed by atoms with Crippen LogP contribution in [0.15, 0.2) is 0 Å². The van der Waals surface area contributed by atoms with Gasteiger partial charge in [-0.05, 0) is 12.3 Å². The number of carboxylic acids is 1. The zero-order valence-corrected chi connectivity index (χ0v) is 10.2. The van der Waals surface area contributed by atoms with Crippen LogP contribution in [0.5, 0.6) is 0 Å². The lowest BCUT2D eigenvalue weighted by atomic mass is 10.1. The second-order valence-corrected chi connectivity index (χ2v) is 4.01. The van der Waals surface area contributed by atoms with Gasteiger partial charge in [-0.15, -0.1) is 0 Å². The number of amides is 1. The van der Waals surface area contributed by atoms with Crippen molar-refractivity contribution in [1.29, 1.82) is 0 Å². The molecule has 0 aliphatic rings. The van der Waals surface area contributed by atoms with Gasteiger partial charge in [-0.2, -0.15) is 0 Å². The van der Waals surface area contributed by atoms with E-state index in [9.17, 15) is 9.59 Å². The highest BCUT2D eigenvalue weighted by molar-refractivity contribution is 5.83. The molecule has 0 radical (unpaired) electrons. The summed E-state index contributed by atoms with van der Waals surface area (Å²) >= 11 is 0. The number of hydrogen-bond donors (Lipinski definition) is 2. The number of rotatable bonds is 8. The van der Waals surface area contributed by atoms with Gasteiger partial charge >= 0.3 is 5.97 Å². The molecule has 0 heterocycles. The summed E-state index contributed by atoms with van der Waals surface area (Å²) in [5.41, 5.74) is 0. The molecule has 2 N–H and O–H groups in total. The summed E-state index contributed by atoms with van der Waals surface area (Å²) < 4.78 is 4.91. The van der Waals surface area contributed by atoms with Gasteiger partial charge in [0.05, 0.1) is 0 Å². The summed E-state index contributed by atoms with van der Waals surface area (Å²) in [4.78, 5) is 22.3. The first-order valence-corrected chi connectivity index (χ1v) is 5.52. The van der Waals surface area contributed by atoms with Gasteiger partial charge in [0.15, 0.2) is 0 Å². The van der Waals surface area contributed by atoms with Crippen molar-refractivity contribution >= 4 is 11.9 Å². The maximum absolute atomic E-state index is 11.5. The fraction of sp³-hybridized carbons (Fsp3) is 0.818. The fourth-order valence-electron chi connectivity index (χ4n) is 1.46. The summed E-state index contributed by atoms with van der Waals surface area (Å²) in [5.74, 6) is -1.11. The molecule has 0 aliphatic heterocycles. The van der Waals surface area contributed by atoms with Crippen LogP contribution in [0.1, 0.15) is 33.1 Å².